The summed E-state index contributed by atoms with van der Waals surface area (Å²) in [4.78, 5) is 28.9. The highest BCUT2D eigenvalue weighted by atomic mass is 35.5. The summed E-state index contributed by atoms with van der Waals surface area (Å²) in [6, 6.07) is 12.7. The normalized spacial score (nSPS) is 14.6. The molecule has 4 rings (SSSR count). The van der Waals surface area contributed by atoms with Crippen LogP contribution in [0.4, 0.5) is 0 Å². The third-order valence-corrected chi connectivity index (χ3v) is 5.94. The van der Waals surface area contributed by atoms with Crippen LogP contribution in [0.15, 0.2) is 47.5 Å². The van der Waals surface area contributed by atoms with Crippen LogP contribution in [0.2, 0.25) is 5.02 Å². The van der Waals surface area contributed by atoms with Crippen LogP contribution in [0.25, 0.3) is 5.69 Å². The van der Waals surface area contributed by atoms with Crippen LogP contribution < -0.4 is 10.1 Å². The van der Waals surface area contributed by atoms with Crippen molar-refractivity contribution in [3.8, 4) is 11.4 Å². The Balaban J connectivity index is 1.76. The first-order valence-electron chi connectivity index (χ1n) is 11.5. The van der Waals surface area contributed by atoms with E-state index in [2.05, 4.69) is 15.5 Å². The fraction of sp³-hybridized carbons (Fsp3) is 0.346. The maximum absolute atomic E-state index is 12.1. The van der Waals surface area contributed by atoms with Gasteiger partial charge in [-0.3, -0.25) is 19.1 Å². The van der Waals surface area contributed by atoms with E-state index in [0.29, 0.717) is 41.3 Å². The number of ether oxygens (including phenoxy) is 1. The summed E-state index contributed by atoms with van der Waals surface area (Å²) in [6.45, 7) is 7.85. The molecule has 1 aliphatic heterocycles. The Morgan fingerprint density at radius 1 is 1.14 bits per heavy atom. The number of aromatic nitrogens is 3. The topological polar surface area (TPSA) is 98.5 Å². The molecular weight excluding hydrogens is 466 g/mol. The molecule has 8 nitrogen and oxygen atoms in total. The molecule has 2 aromatic carbocycles. The van der Waals surface area contributed by atoms with Gasteiger partial charge in [0.15, 0.2) is 5.82 Å². The molecule has 0 saturated heterocycles. The van der Waals surface area contributed by atoms with Crippen molar-refractivity contribution in [1.29, 1.82) is 0 Å². The number of hydrogen-bond acceptors (Lipinski definition) is 6. The number of fused-ring (bicyclic) bond motifs is 3. The van der Waals surface area contributed by atoms with Crippen LogP contribution in [0.3, 0.4) is 0 Å². The molecule has 1 atom stereocenters. The molecule has 0 bridgehead atoms. The molecule has 0 fully saturated rings. The van der Waals surface area contributed by atoms with Gasteiger partial charge in [-0.2, -0.15) is 0 Å². The molecule has 182 valence electrons. The number of hydrogen-bond donors (Lipinski definition) is 1. The highest BCUT2D eigenvalue weighted by Crippen LogP contribution is 2.34. The van der Waals surface area contributed by atoms with Crippen molar-refractivity contribution in [3.63, 3.8) is 0 Å². The van der Waals surface area contributed by atoms with E-state index < -0.39 is 6.04 Å². The number of carbonyl (C=O) groups is 2. The lowest BCUT2D eigenvalue weighted by Gasteiger charge is -2.15. The van der Waals surface area contributed by atoms with Gasteiger partial charge in [0.1, 0.15) is 30.0 Å². The second kappa shape index (κ2) is 10.4. The first-order valence-corrected chi connectivity index (χ1v) is 11.9. The average Bonchev–Trinajstić information content (AvgIpc) is 3.14. The van der Waals surface area contributed by atoms with E-state index in [9.17, 15) is 9.59 Å². The van der Waals surface area contributed by atoms with Crippen LogP contribution in [0, 0.1) is 12.8 Å². The molecular formula is C26H28ClN5O3. The van der Waals surface area contributed by atoms with Gasteiger partial charge in [0.2, 0.25) is 5.91 Å². The van der Waals surface area contributed by atoms with Gasteiger partial charge >= 0.3 is 0 Å². The molecule has 0 saturated carbocycles. The Bertz CT molecular complexity index is 1280. The van der Waals surface area contributed by atoms with Gasteiger partial charge in [-0.1, -0.05) is 37.6 Å². The summed E-state index contributed by atoms with van der Waals surface area (Å²) in [6.07, 6.45) is 0.210. The lowest BCUT2D eigenvalue weighted by molar-refractivity contribution is -0.124. The van der Waals surface area contributed by atoms with E-state index in [4.69, 9.17) is 21.3 Å². The largest absolute Gasteiger partial charge is 0.492 e. The number of amides is 1. The Hall–Kier alpha value is -3.52. The highest BCUT2D eigenvalue weighted by molar-refractivity contribution is 6.30. The maximum Gasteiger partial charge on any atom is 0.222 e. The average molecular weight is 494 g/mol. The van der Waals surface area contributed by atoms with Crippen LogP contribution >= 0.6 is 11.6 Å². The van der Waals surface area contributed by atoms with Crippen molar-refractivity contribution < 1.29 is 14.3 Å². The molecule has 35 heavy (non-hydrogen) atoms. The minimum atomic E-state index is -0.484. The number of ketones is 1. The first kappa shape index (κ1) is 24.6. The zero-order chi connectivity index (χ0) is 25.1. The summed E-state index contributed by atoms with van der Waals surface area (Å²) in [7, 11) is 0. The Morgan fingerprint density at radius 2 is 1.89 bits per heavy atom. The minimum absolute atomic E-state index is 0.0137. The monoisotopic (exact) mass is 493 g/mol. The van der Waals surface area contributed by atoms with E-state index in [1.54, 1.807) is 6.92 Å². The van der Waals surface area contributed by atoms with Gasteiger partial charge in [0.25, 0.3) is 0 Å². The van der Waals surface area contributed by atoms with Gasteiger partial charge in [-0.05, 0) is 44.2 Å². The molecule has 1 aromatic heterocycles. The van der Waals surface area contributed by atoms with Gasteiger partial charge in [0, 0.05) is 28.5 Å². The second-order valence-corrected chi connectivity index (χ2v) is 9.26. The van der Waals surface area contributed by atoms with E-state index in [1.165, 1.54) is 0 Å². The first-order chi connectivity index (χ1) is 16.7. The summed E-state index contributed by atoms with van der Waals surface area (Å²) in [5.41, 5.74) is 3.25. The van der Waals surface area contributed by atoms with Crippen molar-refractivity contribution in [2.24, 2.45) is 10.9 Å². The number of halogens is 1. The van der Waals surface area contributed by atoms with Crippen LogP contribution in [0.1, 0.15) is 56.0 Å². The predicted molar refractivity (Wildman–Crippen MR) is 135 cm³/mol. The molecule has 1 amide bonds. The number of carbonyl (C=O) groups excluding carboxylic acids is 2. The summed E-state index contributed by atoms with van der Waals surface area (Å²) in [5, 5.41) is 12.1. The number of aliphatic imine (C=N–C) groups is 1. The highest BCUT2D eigenvalue weighted by Gasteiger charge is 2.29. The SMILES string of the molecule is CC(=O)C[C@@H]1N=C(c2ccc(Cl)cc2)c2cc(OCCNC(=O)C(C)C)ccc2-n2c(C)nnc21. The minimum Gasteiger partial charge on any atom is -0.492 e. The van der Waals surface area contributed by atoms with E-state index in [-0.39, 0.29) is 24.0 Å². The molecule has 0 aliphatic carbocycles. The Labute approximate surface area is 209 Å². The quantitative estimate of drug-likeness (QED) is 0.473. The summed E-state index contributed by atoms with van der Waals surface area (Å²) >= 11 is 6.14. The van der Waals surface area contributed by atoms with E-state index in [0.717, 1.165) is 16.8 Å². The molecule has 0 radical (unpaired) electrons. The fourth-order valence-corrected chi connectivity index (χ4v) is 4.09. The summed E-state index contributed by atoms with van der Waals surface area (Å²) < 4.78 is 7.90. The number of nitrogens with zero attached hydrogens (tertiary/aromatic N) is 4. The third-order valence-electron chi connectivity index (χ3n) is 5.69. The van der Waals surface area contributed by atoms with Crippen molar-refractivity contribution in [1.82, 2.24) is 20.1 Å². The molecule has 3 aromatic rings. The molecule has 2 heterocycles. The molecule has 1 N–H and O–H groups in total. The molecule has 9 heteroatoms. The van der Waals surface area contributed by atoms with Crippen molar-refractivity contribution >= 4 is 29.0 Å². The number of nitrogens with one attached hydrogen (secondary N) is 1. The predicted octanol–water partition coefficient (Wildman–Crippen LogP) is 4.25. The van der Waals surface area contributed by atoms with Crippen molar-refractivity contribution in [3.05, 3.63) is 70.3 Å². The van der Waals surface area contributed by atoms with Crippen LogP contribution in [-0.4, -0.2) is 45.3 Å². The van der Waals surface area contributed by atoms with Crippen molar-refractivity contribution in [2.75, 3.05) is 13.2 Å². The van der Waals surface area contributed by atoms with Gasteiger partial charge < -0.3 is 10.1 Å². The zero-order valence-electron chi connectivity index (χ0n) is 20.2. The number of rotatable bonds is 8. The molecule has 1 aliphatic rings. The second-order valence-electron chi connectivity index (χ2n) is 8.82. The van der Waals surface area contributed by atoms with Crippen molar-refractivity contribution in [2.45, 2.75) is 40.2 Å². The van der Waals surface area contributed by atoms with E-state index in [1.807, 2.05) is 67.8 Å². The number of aryl methyl sites for hydroxylation is 1. The Morgan fingerprint density at radius 3 is 2.57 bits per heavy atom. The van der Waals surface area contributed by atoms with Crippen LogP contribution in [0.5, 0.6) is 5.75 Å². The van der Waals surface area contributed by atoms with Gasteiger partial charge in [-0.25, -0.2) is 0 Å². The lowest BCUT2D eigenvalue weighted by atomic mass is 10.00. The van der Waals surface area contributed by atoms with Gasteiger partial charge in [0.05, 0.1) is 17.9 Å². The number of Topliss-reactive ketones (excluding diaryl/α,β-unsaturated/α-hetero) is 1. The van der Waals surface area contributed by atoms with Crippen LogP contribution in [-0.2, 0) is 9.59 Å². The lowest BCUT2D eigenvalue weighted by Crippen LogP contribution is -2.31. The fourth-order valence-electron chi connectivity index (χ4n) is 3.96. The molecule has 0 unspecified atom stereocenters. The standard InChI is InChI=1S/C26H28ClN5O3/c1-15(2)26(34)28-11-12-35-20-9-10-23-21(14-20)24(18-5-7-19(27)8-6-18)29-22(13-16(3)33)25-31-30-17(4)32(23)25/h5-10,14-15,22H,11-13H2,1-4H3,(H,28,34)/t22-/m0/s1. The number of benzene rings is 2. The smallest absolute Gasteiger partial charge is 0.222 e. The summed E-state index contributed by atoms with van der Waals surface area (Å²) in [5.74, 6) is 1.88. The maximum atomic E-state index is 12.1. The Kier molecular flexibility index (Phi) is 7.31. The zero-order valence-corrected chi connectivity index (χ0v) is 21.0. The third kappa shape index (κ3) is 5.43. The van der Waals surface area contributed by atoms with Gasteiger partial charge in [-0.15, -0.1) is 10.2 Å². The van der Waals surface area contributed by atoms with E-state index >= 15 is 0 Å². The molecule has 0 spiro atoms.